The van der Waals surface area contributed by atoms with Gasteiger partial charge in [-0.25, -0.2) is 0 Å². The summed E-state index contributed by atoms with van der Waals surface area (Å²) in [6.07, 6.45) is 1.30. The van der Waals surface area contributed by atoms with Crippen LogP contribution in [-0.4, -0.2) is 15.1 Å². The molecule has 0 saturated carbocycles. The predicted molar refractivity (Wildman–Crippen MR) is 62.5 cm³/mol. The van der Waals surface area contributed by atoms with Gasteiger partial charge < -0.3 is 5.32 Å². The summed E-state index contributed by atoms with van der Waals surface area (Å²) in [5.74, 6) is 0.182. The summed E-state index contributed by atoms with van der Waals surface area (Å²) in [5.41, 5.74) is 0.948. The third-order valence-corrected chi connectivity index (χ3v) is 2.20. The van der Waals surface area contributed by atoms with Gasteiger partial charge >= 0.3 is 5.69 Å². The van der Waals surface area contributed by atoms with Gasteiger partial charge in [-0.3, -0.25) is 10.1 Å². The van der Waals surface area contributed by atoms with Gasteiger partial charge in [0.15, 0.2) is 0 Å². The van der Waals surface area contributed by atoms with Crippen LogP contribution in [0.25, 0.3) is 0 Å². The van der Waals surface area contributed by atoms with E-state index in [0.29, 0.717) is 6.54 Å². The lowest BCUT2D eigenvalue weighted by Crippen LogP contribution is -2.05. The highest BCUT2D eigenvalue weighted by molar-refractivity contribution is 5.54. The lowest BCUT2D eigenvalue weighted by atomic mass is 10.2. The zero-order valence-corrected chi connectivity index (χ0v) is 8.91. The number of rotatable bonds is 4. The zero-order valence-electron chi connectivity index (χ0n) is 8.91. The monoisotopic (exact) mass is 230 g/mol. The summed E-state index contributed by atoms with van der Waals surface area (Å²) in [7, 11) is 0. The molecular weight excluding hydrogens is 220 g/mol. The number of benzene rings is 1. The van der Waals surface area contributed by atoms with Gasteiger partial charge in [0.25, 0.3) is 0 Å². The van der Waals surface area contributed by atoms with Crippen molar-refractivity contribution < 1.29 is 4.92 Å². The van der Waals surface area contributed by atoms with Crippen molar-refractivity contribution in [3.8, 4) is 0 Å². The molecule has 17 heavy (non-hydrogen) atoms. The molecule has 1 heterocycles. The highest BCUT2D eigenvalue weighted by atomic mass is 16.6. The molecule has 0 spiro atoms. The lowest BCUT2D eigenvalue weighted by molar-refractivity contribution is -0.384. The largest absolute Gasteiger partial charge is 0.359 e. The van der Waals surface area contributed by atoms with Gasteiger partial charge in [0.05, 0.1) is 11.1 Å². The van der Waals surface area contributed by atoms with Crippen molar-refractivity contribution in [3.63, 3.8) is 0 Å². The normalized spacial score (nSPS) is 9.88. The molecule has 0 aliphatic heterocycles. The molecule has 0 fully saturated rings. The molecule has 6 nitrogen and oxygen atoms in total. The zero-order chi connectivity index (χ0) is 12.1. The number of aromatic nitrogens is 2. The third-order valence-electron chi connectivity index (χ3n) is 2.20. The Labute approximate surface area is 97.5 Å². The molecule has 0 aliphatic rings. The van der Waals surface area contributed by atoms with Crippen LogP contribution in [0.15, 0.2) is 42.6 Å². The fourth-order valence-corrected chi connectivity index (χ4v) is 1.38. The van der Waals surface area contributed by atoms with E-state index in [2.05, 4.69) is 15.5 Å². The van der Waals surface area contributed by atoms with Gasteiger partial charge in [-0.2, -0.15) is 5.10 Å². The minimum Gasteiger partial charge on any atom is -0.359 e. The summed E-state index contributed by atoms with van der Waals surface area (Å²) in [5, 5.41) is 21.0. The molecule has 86 valence electrons. The first-order chi connectivity index (χ1) is 8.27. The first kappa shape index (κ1) is 11.0. The van der Waals surface area contributed by atoms with Gasteiger partial charge in [0.2, 0.25) is 5.82 Å². The second-order valence-corrected chi connectivity index (χ2v) is 3.36. The van der Waals surface area contributed by atoms with Crippen LogP contribution in [0.3, 0.4) is 0 Å². The molecule has 0 amide bonds. The number of anilines is 1. The standard InChI is InChI=1S/C11H10N4O2/c16-15(17)10-6-7-13-14-11(10)12-8-9-4-2-1-3-5-9/h1-7H,8H2,(H,12,14). The maximum Gasteiger partial charge on any atom is 0.314 e. The molecule has 0 saturated heterocycles. The van der Waals surface area contributed by atoms with E-state index in [1.54, 1.807) is 0 Å². The summed E-state index contributed by atoms with van der Waals surface area (Å²) >= 11 is 0. The Morgan fingerprint density at radius 3 is 2.71 bits per heavy atom. The van der Waals surface area contributed by atoms with Crippen molar-refractivity contribution in [3.05, 3.63) is 58.3 Å². The van der Waals surface area contributed by atoms with E-state index in [0.717, 1.165) is 5.56 Å². The molecular formula is C11H10N4O2. The van der Waals surface area contributed by atoms with E-state index in [1.807, 2.05) is 30.3 Å². The van der Waals surface area contributed by atoms with Crippen LogP contribution in [-0.2, 0) is 6.54 Å². The smallest absolute Gasteiger partial charge is 0.314 e. The molecule has 6 heteroatoms. The van der Waals surface area contributed by atoms with Crippen LogP contribution in [0, 0.1) is 10.1 Å². The van der Waals surface area contributed by atoms with E-state index in [9.17, 15) is 10.1 Å². The highest BCUT2D eigenvalue weighted by Crippen LogP contribution is 2.19. The average Bonchev–Trinajstić information content (AvgIpc) is 2.38. The SMILES string of the molecule is O=[N+]([O-])c1ccnnc1NCc1ccccc1. The topological polar surface area (TPSA) is 81.0 Å². The molecule has 1 aromatic carbocycles. The predicted octanol–water partition coefficient (Wildman–Crippen LogP) is 2.00. The Morgan fingerprint density at radius 1 is 1.24 bits per heavy atom. The number of hydrogen-bond acceptors (Lipinski definition) is 5. The van der Waals surface area contributed by atoms with Crippen molar-refractivity contribution in [2.45, 2.75) is 6.54 Å². The number of nitrogens with zero attached hydrogens (tertiary/aromatic N) is 3. The van der Waals surface area contributed by atoms with Crippen molar-refractivity contribution in [2.24, 2.45) is 0 Å². The van der Waals surface area contributed by atoms with Gasteiger partial charge in [-0.15, -0.1) is 5.10 Å². The third kappa shape index (κ3) is 2.75. The van der Waals surface area contributed by atoms with Gasteiger partial charge in [-0.1, -0.05) is 30.3 Å². The maximum atomic E-state index is 10.7. The summed E-state index contributed by atoms with van der Waals surface area (Å²) < 4.78 is 0. The molecule has 1 aromatic heterocycles. The Morgan fingerprint density at radius 2 is 2.00 bits per heavy atom. The van der Waals surface area contributed by atoms with Crippen LogP contribution in [0.4, 0.5) is 11.5 Å². The first-order valence-electron chi connectivity index (χ1n) is 5.01. The summed E-state index contributed by atoms with van der Waals surface area (Å²) in [6.45, 7) is 0.473. The second kappa shape index (κ2) is 5.02. The Bertz CT molecular complexity index is 516. The van der Waals surface area contributed by atoms with E-state index in [1.165, 1.54) is 12.3 Å². The maximum absolute atomic E-state index is 10.7. The summed E-state index contributed by atoms with van der Waals surface area (Å²) in [4.78, 5) is 10.2. The Kier molecular flexibility index (Phi) is 3.25. The fourth-order valence-electron chi connectivity index (χ4n) is 1.38. The molecule has 0 atom stereocenters. The minimum absolute atomic E-state index is 0.0732. The fraction of sp³-hybridized carbons (Fsp3) is 0.0909. The minimum atomic E-state index is -0.484. The van der Waals surface area contributed by atoms with Crippen LogP contribution >= 0.6 is 0 Å². The van der Waals surface area contributed by atoms with Crippen LogP contribution < -0.4 is 5.32 Å². The van der Waals surface area contributed by atoms with Gasteiger partial charge in [-0.05, 0) is 5.56 Å². The second-order valence-electron chi connectivity index (χ2n) is 3.36. The Balaban J connectivity index is 2.12. The summed E-state index contributed by atoms with van der Waals surface area (Å²) in [6, 6.07) is 10.9. The quantitative estimate of drug-likeness (QED) is 0.641. The van der Waals surface area contributed by atoms with E-state index >= 15 is 0 Å². The van der Waals surface area contributed by atoms with Crippen molar-refractivity contribution >= 4 is 11.5 Å². The Hall–Kier alpha value is -2.50. The molecule has 1 N–H and O–H groups in total. The van der Waals surface area contributed by atoms with Crippen LogP contribution in [0.2, 0.25) is 0 Å². The van der Waals surface area contributed by atoms with E-state index in [4.69, 9.17) is 0 Å². The van der Waals surface area contributed by atoms with Crippen LogP contribution in [0.1, 0.15) is 5.56 Å². The van der Waals surface area contributed by atoms with Crippen molar-refractivity contribution in [1.82, 2.24) is 10.2 Å². The number of nitrogens with one attached hydrogen (secondary N) is 1. The van der Waals surface area contributed by atoms with Crippen molar-refractivity contribution in [1.29, 1.82) is 0 Å². The van der Waals surface area contributed by atoms with Gasteiger partial charge in [0.1, 0.15) is 0 Å². The molecule has 0 bridgehead atoms. The highest BCUT2D eigenvalue weighted by Gasteiger charge is 2.14. The molecule has 0 unspecified atom stereocenters. The molecule has 0 radical (unpaired) electrons. The molecule has 2 aromatic rings. The van der Waals surface area contributed by atoms with Crippen LogP contribution in [0.5, 0.6) is 0 Å². The van der Waals surface area contributed by atoms with E-state index in [-0.39, 0.29) is 11.5 Å². The first-order valence-corrected chi connectivity index (χ1v) is 5.01. The van der Waals surface area contributed by atoms with E-state index < -0.39 is 4.92 Å². The number of hydrogen-bond donors (Lipinski definition) is 1. The average molecular weight is 230 g/mol. The lowest BCUT2D eigenvalue weighted by Gasteiger charge is -2.04. The van der Waals surface area contributed by atoms with Crippen molar-refractivity contribution in [2.75, 3.05) is 5.32 Å². The number of nitro groups is 1. The molecule has 2 rings (SSSR count). The molecule has 0 aliphatic carbocycles. The van der Waals surface area contributed by atoms with Gasteiger partial charge in [0, 0.05) is 12.6 Å².